The number of carboxylic acid groups (broad SMARTS) is 1. The number of fused-ring (bicyclic) bond motifs is 1. The Balaban J connectivity index is 2.25. The fourth-order valence-electron chi connectivity index (χ4n) is 1.68. The van der Waals surface area contributed by atoms with E-state index in [1.807, 2.05) is 0 Å². The molecule has 0 radical (unpaired) electrons. The summed E-state index contributed by atoms with van der Waals surface area (Å²) in [5.41, 5.74) is 0.769. The Labute approximate surface area is 104 Å². The number of carboxylic acids is 1. The van der Waals surface area contributed by atoms with E-state index in [0.29, 0.717) is 36.2 Å². The fraction of sp³-hybridized carbons (Fsp3) is 0.417. The SMILES string of the molecule is CC(Cc1cc2c(cc1Cl)OCCO2)C(=O)O. The van der Waals surface area contributed by atoms with Gasteiger partial charge in [0.15, 0.2) is 11.5 Å². The summed E-state index contributed by atoms with van der Waals surface area (Å²) in [4.78, 5) is 10.8. The van der Waals surface area contributed by atoms with E-state index in [1.54, 1.807) is 19.1 Å². The molecule has 1 unspecified atom stereocenters. The van der Waals surface area contributed by atoms with Crippen LogP contribution in [0.4, 0.5) is 0 Å². The maximum atomic E-state index is 10.8. The molecule has 0 aliphatic carbocycles. The molecular weight excluding hydrogens is 244 g/mol. The number of ether oxygens (including phenoxy) is 2. The van der Waals surface area contributed by atoms with Gasteiger partial charge in [-0.1, -0.05) is 18.5 Å². The van der Waals surface area contributed by atoms with Crippen molar-refractivity contribution >= 4 is 17.6 Å². The molecule has 1 aliphatic rings. The van der Waals surface area contributed by atoms with E-state index in [0.717, 1.165) is 5.56 Å². The second-order valence-electron chi connectivity index (χ2n) is 4.03. The van der Waals surface area contributed by atoms with E-state index in [-0.39, 0.29) is 0 Å². The van der Waals surface area contributed by atoms with E-state index >= 15 is 0 Å². The van der Waals surface area contributed by atoms with E-state index in [9.17, 15) is 4.79 Å². The van der Waals surface area contributed by atoms with Crippen molar-refractivity contribution in [2.24, 2.45) is 5.92 Å². The van der Waals surface area contributed by atoms with Gasteiger partial charge in [0.2, 0.25) is 0 Å². The normalized spacial score (nSPS) is 15.4. The molecule has 0 saturated heterocycles. The molecule has 1 atom stereocenters. The topological polar surface area (TPSA) is 55.8 Å². The first-order chi connectivity index (χ1) is 8.08. The zero-order valence-corrected chi connectivity index (χ0v) is 10.2. The van der Waals surface area contributed by atoms with Gasteiger partial charge in [-0.2, -0.15) is 0 Å². The number of aliphatic carboxylic acids is 1. The number of hydrogen-bond acceptors (Lipinski definition) is 3. The molecule has 92 valence electrons. The lowest BCUT2D eigenvalue weighted by atomic mass is 10.0. The van der Waals surface area contributed by atoms with Crippen LogP contribution in [-0.2, 0) is 11.2 Å². The van der Waals surface area contributed by atoms with Crippen molar-refractivity contribution in [3.05, 3.63) is 22.7 Å². The van der Waals surface area contributed by atoms with Crippen LogP contribution in [0.3, 0.4) is 0 Å². The zero-order chi connectivity index (χ0) is 12.4. The van der Waals surface area contributed by atoms with Crippen LogP contribution < -0.4 is 9.47 Å². The minimum Gasteiger partial charge on any atom is -0.486 e. The van der Waals surface area contributed by atoms with Gasteiger partial charge in [-0.3, -0.25) is 4.79 Å². The van der Waals surface area contributed by atoms with Gasteiger partial charge >= 0.3 is 5.97 Å². The molecule has 17 heavy (non-hydrogen) atoms. The third-order valence-corrected chi connectivity index (χ3v) is 3.01. The minimum absolute atomic E-state index is 0.380. The summed E-state index contributed by atoms with van der Waals surface area (Å²) in [5, 5.41) is 9.39. The molecule has 0 saturated carbocycles. The Morgan fingerprint density at radius 2 is 2.00 bits per heavy atom. The highest BCUT2D eigenvalue weighted by Gasteiger charge is 2.18. The van der Waals surface area contributed by atoms with Gasteiger partial charge in [-0.25, -0.2) is 0 Å². The molecule has 1 aromatic rings. The van der Waals surface area contributed by atoms with Crippen LogP contribution in [0.2, 0.25) is 5.02 Å². The first-order valence-corrected chi connectivity index (χ1v) is 5.76. The predicted octanol–water partition coefficient (Wildman–Crippen LogP) is 2.37. The molecule has 1 aromatic carbocycles. The Bertz CT molecular complexity index is 444. The number of benzene rings is 1. The Morgan fingerprint density at radius 3 is 2.59 bits per heavy atom. The molecule has 5 heteroatoms. The standard InChI is InChI=1S/C12H13ClO4/c1-7(12(14)15)4-8-5-10-11(6-9(8)13)17-3-2-16-10/h5-7H,2-4H2,1H3,(H,14,15). The second kappa shape index (κ2) is 4.84. The first-order valence-electron chi connectivity index (χ1n) is 5.38. The molecule has 0 bridgehead atoms. The van der Waals surface area contributed by atoms with E-state index in [4.69, 9.17) is 26.2 Å². The van der Waals surface area contributed by atoms with Crippen LogP contribution in [-0.4, -0.2) is 24.3 Å². The van der Waals surface area contributed by atoms with E-state index in [1.165, 1.54) is 0 Å². The summed E-state index contributed by atoms with van der Waals surface area (Å²) < 4.78 is 10.8. The summed E-state index contributed by atoms with van der Waals surface area (Å²) in [5.74, 6) is -0.0627. The summed E-state index contributed by atoms with van der Waals surface area (Å²) in [6, 6.07) is 3.44. The van der Waals surface area contributed by atoms with Crippen LogP contribution in [0.15, 0.2) is 12.1 Å². The lowest BCUT2D eigenvalue weighted by Gasteiger charge is -2.20. The van der Waals surface area contributed by atoms with Gasteiger partial charge in [-0.15, -0.1) is 0 Å². The van der Waals surface area contributed by atoms with Gasteiger partial charge in [0.05, 0.1) is 5.92 Å². The van der Waals surface area contributed by atoms with E-state index < -0.39 is 11.9 Å². The molecular formula is C12H13ClO4. The molecule has 0 aromatic heterocycles. The average molecular weight is 257 g/mol. The first kappa shape index (κ1) is 12.0. The third kappa shape index (κ3) is 2.64. The largest absolute Gasteiger partial charge is 0.486 e. The van der Waals surface area contributed by atoms with Gasteiger partial charge in [0.25, 0.3) is 0 Å². The third-order valence-electron chi connectivity index (χ3n) is 2.66. The number of halogens is 1. The molecule has 0 fully saturated rings. The maximum Gasteiger partial charge on any atom is 0.306 e. The van der Waals surface area contributed by atoms with Crippen molar-refractivity contribution in [1.29, 1.82) is 0 Å². The lowest BCUT2D eigenvalue weighted by Crippen LogP contribution is -2.16. The van der Waals surface area contributed by atoms with Crippen molar-refractivity contribution in [3.8, 4) is 11.5 Å². The van der Waals surface area contributed by atoms with Gasteiger partial charge in [0.1, 0.15) is 13.2 Å². The van der Waals surface area contributed by atoms with Crippen LogP contribution >= 0.6 is 11.6 Å². The van der Waals surface area contributed by atoms with Crippen LogP contribution in [0, 0.1) is 5.92 Å². The molecule has 1 aliphatic heterocycles. The molecule has 0 amide bonds. The lowest BCUT2D eigenvalue weighted by molar-refractivity contribution is -0.141. The average Bonchev–Trinajstić information content (AvgIpc) is 2.29. The molecule has 2 rings (SSSR count). The number of carbonyl (C=O) groups is 1. The molecule has 1 heterocycles. The number of hydrogen-bond donors (Lipinski definition) is 1. The van der Waals surface area contributed by atoms with Crippen LogP contribution in [0.25, 0.3) is 0 Å². The second-order valence-corrected chi connectivity index (χ2v) is 4.44. The highest BCUT2D eigenvalue weighted by molar-refractivity contribution is 6.31. The molecule has 1 N–H and O–H groups in total. The van der Waals surface area contributed by atoms with Crippen molar-refractivity contribution in [3.63, 3.8) is 0 Å². The fourth-order valence-corrected chi connectivity index (χ4v) is 1.91. The smallest absolute Gasteiger partial charge is 0.306 e. The van der Waals surface area contributed by atoms with Crippen LogP contribution in [0.5, 0.6) is 11.5 Å². The van der Waals surface area contributed by atoms with Gasteiger partial charge < -0.3 is 14.6 Å². The van der Waals surface area contributed by atoms with Crippen molar-refractivity contribution in [2.45, 2.75) is 13.3 Å². The summed E-state index contributed by atoms with van der Waals surface area (Å²) in [7, 11) is 0. The summed E-state index contributed by atoms with van der Waals surface area (Å²) >= 11 is 6.08. The minimum atomic E-state index is -0.837. The zero-order valence-electron chi connectivity index (χ0n) is 9.40. The molecule has 0 spiro atoms. The van der Waals surface area contributed by atoms with Gasteiger partial charge in [0, 0.05) is 11.1 Å². The Kier molecular flexibility index (Phi) is 3.43. The van der Waals surface area contributed by atoms with Crippen molar-refractivity contribution in [1.82, 2.24) is 0 Å². The maximum absolute atomic E-state index is 10.8. The summed E-state index contributed by atoms with van der Waals surface area (Å²) in [6.45, 7) is 2.66. The molecule has 4 nitrogen and oxygen atoms in total. The quantitative estimate of drug-likeness (QED) is 0.902. The van der Waals surface area contributed by atoms with Crippen LogP contribution in [0.1, 0.15) is 12.5 Å². The highest BCUT2D eigenvalue weighted by atomic mass is 35.5. The summed E-state index contributed by atoms with van der Waals surface area (Å²) in [6.07, 6.45) is 0.380. The Morgan fingerprint density at radius 1 is 1.41 bits per heavy atom. The van der Waals surface area contributed by atoms with E-state index in [2.05, 4.69) is 0 Å². The van der Waals surface area contributed by atoms with Crippen molar-refractivity contribution in [2.75, 3.05) is 13.2 Å². The monoisotopic (exact) mass is 256 g/mol. The van der Waals surface area contributed by atoms with Gasteiger partial charge in [-0.05, 0) is 18.1 Å². The highest BCUT2D eigenvalue weighted by Crippen LogP contribution is 2.36. The predicted molar refractivity (Wildman–Crippen MR) is 62.9 cm³/mol. The van der Waals surface area contributed by atoms with Crippen molar-refractivity contribution < 1.29 is 19.4 Å². The Hall–Kier alpha value is -1.42. The number of rotatable bonds is 3.